The summed E-state index contributed by atoms with van der Waals surface area (Å²) in [5.74, 6) is 0.0667. The van der Waals surface area contributed by atoms with Gasteiger partial charge in [0.1, 0.15) is 6.61 Å². The van der Waals surface area contributed by atoms with Gasteiger partial charge in [0.05, 0.1) is 5.69 Å². The maximum absolute atomic E-state index is 12.2. The van der Waals surface area contributed by atoms with Gasteiger partial charge in [-0.1, -0.05) is 72.8 Å². The third-order valence-corrected chi connectivity index (χ3v) is 5.68. The van der Waals surface area contributed by atoms with Crippen molar-refractivity contribution in [1.82, 2.24) is 15.1 Å². The van der Waals surface area contributed by atoms with Crippen LogP contribution in [0.4, 0.5) is 4.79 Å². The molecule has 5 nitrogen and oxygen atoms in total. The van der Waals surface area contributed by atoms with Gasteiger partial charge in [-0.15, -0.1) is 0 Å². The molecule has 0 atom stereocenters. The van der Waals surface area contributed by atoms with Crippen LogP contribution in [0.3, 0.4) is 0 Å². The highest BCUT2D eigenvalue weighted by Gasteiger charge is 2.28. The quantitative estimate of drug-likeness (QED) is 0.452. The molecule has 1 N–H and O–H groups in total. The molecule has 0 aliphatic heterocycles. The molecule has 0 radical (unpaired) electrons. The number of carbonyl (C=O) groups is 1. The first-order valence-electron chi connectivity index (χ1n) is 10.6. The number of hydrogen-bond donors (Lipinski definition) is 1. The standard InChI is InChI=1S/C27H23N3O2/c31-27(28-16-5-7-20-12-14-21(15-13-20)30-18-6-17-29-30)32-19-26-24-10-3-1-8-22(24)23-9-2-4-11-25(23)26/h1-15,17-18,26H,16,19H2,(H,28,31). The fourth-order valence-electron chi connectivity index (χ4n) is 4.15. The van der Waals surface area contributed by atoms with Gasteiger partial charge in [0.25, 0.3) is 0 Å². The van der Waals surface area contributed by atoms with Gasteiger partial charge < -0.3 is 10.1 Å². The summed E-state index contributed by atoms with van der Waals surface area (Å²) in [4.78, 5) is 12.2. The zero-order chi connectivity index (χ0) is 21.8. The van der Waals surface area contributed by atoms with Crippen LogP contribution in [-0.2, 0) is 4.74 Å². The van der Waals surface area contributed by atoms with Gasteiger partial charge in [0.2, 0.25) is 0 Å². The highest BCUT2D eigenvalue weighted by atomic mass is 16.5. The first kappa shape index (κ1) is 19.8. The number of hydrogen-bond acceptors (Lipinski definition) is 3. The molecule has 32 heavy (non-hydrogen) atoms. The molecule has 0 saturated carbocycles. The Morgan fingerprint density at radius 2 is 1.62 bits per heavy atom. The Balaban J connectivity index is 1.14. The van der Waals surface area contributed by atoms with Crippen molar-refractivity contribution in [3.05, 3.63) is 114 Å². The molecule has 0 saturated heterocycles. The van der Waals surface area contributed by atoms with Crippen molar-refractivity contribution in [2.24, 2.45) is 0 Å². The fourth-order valence-corrected chi connectivity index (χ4v) is 4.15. The predicted octanol–water partition coefficient (Wildman–Crippen LogP) is 5.42. The number of aromatic nitrogens is 2. The van der Waals surface area contributed by atoms with E-state index >= 15 is 0 Å². The number of fused-ring (bicyclic) bond motifs is 3. The molecule has 158 valence electrons. The van der Waals surface area contributed by atoms with E-state index in [4.69, 9.17) is 4.74 Å². The summed E-state index contributed by atoms with van der Waals surface area (Å²) in [6.45, 7) is 0.718. The number of nitrogens with one attached hydrogen (secondary N) is 1. The molecule has 1 heterocycles. The number of carbonyl (C=O) groups excluding carboxylic acids is 1. The lowest BCUT2D eigenvalue weighted by atomic mass is 9.98. The summed E-state index contributed by atoms with van der Waals surface area (Å²) in [5, 5.41) is 7.02. The zero-order valence-electron chi connectivity index (χ0n) is 17.5. The van der Waals surface area contributed by atoms with Crippen molar-refractivity contribution < 1.29 is 9.53 Å². The molecule has 0 fully saturated rings. The van der Waals surface area contributed by atoms with Gasteiger partial charge in [0, 0.05) is 24.9 Å². The van der Waals surface area contributed by atoms with Gasteiger partial charge in [-0.3, -0.25) is 0 Å². The second kappa shape index (κ2) is 8.94. The minimum atomic E-state index is -0.412. The Hall–Kier alpha value is -4.12. The summed E-state index contributed by atoms with van der Waals surface area (Å²) >= 11 is 0. The van der Waals surface area contributed by atoms with Crippen LogP contribution in [0.15, 0.2) is 97.3 Å². The SMILES string of the molecule is O=C(NCC=Cc1ccc(-n2cccn2)cc1)OCC1c2ccccc2-c2ccccc21. The molecule has 1 aliphatic rings. The molecular weight excluding hydrogens is 398 g/mol. The maximum Gasteiger partial charge on any atom is 0.407 e. The molecule has 4 aromatic rings. The number of amides is 1. The molecule has 1 amide bonds. The molecule has 1 aromatic heterocycles. The Labute approximate surface area is 187 Å². The van der Waals surface area contributed by atoms with Gasteiger partial charge in [-0.05, 0) is 46.0 Å². The van der Waals surface area contributed by atoms with Crippen molar-refractivity contribution in [2.75, 3.05) is 13.2 Å². The second-order valence-corrected chi connectivity index (χ2v) is 7.65. The van der Waals surface area contributed by atoms with Crippen molar-refractivity contribution in [2.45, 2.75) is 5.92 Å². The lowest BCUT2D eigenvalue weighted by molar-refractivity contribution is 0.144. The molecule has 3 aromatic carbocycles. The largest absolute Gasteiger partial charge is 0.449 e. The van der Waals surface area contributed by atoms with E-state index in [1.165, 1.54) is 22.3 Å². The monoisotopic (exact) mass is 421 g/mol. The summed E-state index contributed by atoms with van der Waals surface area (Å²) < 4.78 is 7.37. The first-order chi connectivity index (χ1) is 15.8. The molecule has 0 spiro atoms. The van der Waals surface area contributed by atoms with Crippen LogP contribution in [0.1, 0.15) is 22.6 Å². The number of ether oxygens (including phenoxy) is 1. The molecule has 0 unspecified atom stereocenters. The molecule has 1 aliphatic carbocycles. The lowest BCUT2D eigenvalue weighted by Crippen LogP contribution is -2.26. The molecular formula is C27H23N3O2. The van der Waals surface area contributed by atoms with Crippen LogP contribution in [0.2, 0.25) is 0 Å². The van der Waals surface area contributed by atoms with Crippen LogP contribution in [0, 0.1) is 0 Å². The number of benzene rings is 3. The van der Waals surface area contributed by atoms with Crippen LogP contribution in [-0.4, -0.2) is 29.0 Å². The van der Waals surface area contributed by atoms with Gasteiger partial charge in [0.15, 0.2) is 0 Å². The Morgan fingerprint density at radius 1 is 0.938 bits per heavy atom. The Kier molecular flexibility index (Phi) is 5.54. The van der Waals surface area contributed by atoms with Crippen molar-refractivity contribution in [1.29, 1.82) is 0 Å². The Morgan fingerprint density at radius 3 is 2.28 bits per heavy atom. The van der Waals surface area contributed by atoms with E-state index in [9.17, 15) is 4.79 Å². The lowest BCUT2D eigenvalue weighted by Gasteiger charge is -2.14. The van der Waals surface area contributed by atoms with Crippen LogP contribution < -0.4 is 5.32 Å². The number of nitrogens with zero attached hydrogens (tertiary/aromatic N) is 2. The third-order valence-electron chi connectivity index (χ3n) is 5.68. The molecule has 0 bridgehead atoms. The highest BCUT2D eigenvalue weighted by Crippen LogP contribution is 2.44. The van der Waals surface area contributed by atoms with E-state index in [2.05, 4.69) is 34.7 Å². The minimum absolute atomic E-state index is 0.0667. The summed E-state index contributed by atoms with van der Waals surface area (Å²) in [7, 11) is 0. The van der Waals surface area contributed by atoms with Crippen LogP contribution >= 0.6 is 0 Å². The summed E-state index contributed by atoms with van der Waals surface area (Å²) in [6, 6.07) is 26.6. The number of rotatable bonds is 6. The Bertz CT molecular complexity index is 1200. The zero-order valence-corrected chi connectivity index (χ0v) is 17.5. The van der Waals surface area contributed by atoms with Crippen molar-refractivity contribution in [3.63, 3.8) is 0 Å². The normalized spacial score (nSPS) is 12.5. The predicted molar refractivity (Wildman–Crippen MR) is 126 cm³/mol. The van der Waals surface area contributed by atoms with E-state index in [1.807, 2.05) is 77.6 Å². The molecule has 5 heteroatoms. The van der Waals surface area contributed by atoms with Crippen LogP contribution in [0.25, 0.3) is 22.9 Å². The van der Waals surface area contributed by atoms with Crippen molar-refractivity contribution in [3.8, 4) is 16.8 Å². The van der Waals surface area contributed by atoms with Gasteiger partial charge >= 0.3 is 6.09 Å². The topological polar surface area (TPSA) is 56.2 Å². The van der Waals surface area contributed by atoms with E-state index < -0.39 is 6.09 Å². The van der Waals surface area contributed by atoms with Crippen LogP contribution in [0.5, 0.6) is 0 Å². The average molecular weight is 422 g/mol. The van der Waals surface area contributed by atoms with Crippen molar-refractivity contribution >= 4 is 12.2 Å². The minimum Gasteiger partial charge on any atom is -0.449 e. The number of alkyl carbamates (subject to hydrolysis) is 1. The maximum atomic E-state index is 12.2. The van der Waals surface area contributed by atoms with E-state index in [1.54, 1.807) is 6.20 Å². The smallest absolute Gasteiger partial charge is 0.407 e. The van der Waals surface area contributed by atoms with Gasteiger partial charge in [-0.2, -0.15) is 5.10 Å². The van der Waals surface area contributed by atoms with E-state index in [-0.39, 0.29) is 5.92 Å². The average Bonchev–Trinajstić information content (AvgIpc) is 3.48. The van der Waals surface area contributed by atoms with Gasteiger partial charge in [-0.25, -0.2) is 9.48 Å². The molecule has 5 rings (SSSR count). The third kappa shape index (κ3) is 4.05. The fraction of sp³-hybridized carbons (Fsp3) is 0.111. The second-order valence-electron chi connectivity index (χ2n) is 7.65. The summed E-state index contributed by atoms with van der Waals surface area (Å²) in [6.07, 6.45) is 7.12. The summed E-state index contributed by atoms with van der Waals surface area (Å²) in [5.41, 5.74) is 6.91. The first-order valence-corrected chi connectivity index (χ1v) is 10.6. The van der Waals surface area contributed by atoms with E-state index in [0.717, 1.165) is 11.3 Å². The highest BCUT2D eigenvalue weighted by molar-refractivity contribution is 5.79. The van der Waals surface area contributed by atoms with E-state index in [0.29, 0.717) is 13.2 Å².